The number of nitrogens with one attached hydrogen (secondary N) is 2. The third-order valence-corrected chi connectivity index (χ3v) is 5.64. The minimum absolute atomic E-state index is 0.0539. The normalized spacial score (nSPS) is 15.4. The maximum Gasteiger partial charge on any atom is 0.409 e. The third-order valence-electron chi connectivity index (χ3n) is 4.31. The lowest BCUT2D eigenvalue weighted by Gasteiger charge is -2.35. The van der Waals surface area contributed by atoms with Gasteiger partial charge in [0, 0.05) is 46.3 Å². The molecular formula is C18H29N5O4S. The Morgan fingerprint density at radius 1 is 1.14 bits per heavy atom. The molecule has 10 heteroatoms. The van der Waals surface area contributed by atoms with Gasteiger partial charge in [0.05, 0.1) is 12.4 Å². The average Bonchev–Trinajstić information content (AvgIpc) is 2.71. The Hall–Kier alpha value is -2.33. The highest BCUT2D eigenvalue weighted by atomic mass is 32.2. The van der Waals surface area contributed by atoms with Gasteiger partial charge >= 0.3 is 6.09 Å². The number of rotatable bonds is 7. The first-order valence-corrected chi connectivity index (χ1v) is 11.0. The number of benzene rings is 1. The van der Waals surface area contributed by atoms with Crippen molar-refractivity contribution in [1.82, 2.24) is 19.8 Å². The molecule has 0 atom stereocenters. The summed E-state index contributed by atoms with van der Waals surface area (Å²) in [5.41, 5.74) is 0.911. The summed E-state index contributed by atoms with van der Waals surface area (Å²) >= 11 is 0. The van der Waals surface area contributed by atoms with Crippen molar-refractivity contribution in [3.63, 3.8) is 0 Å². The van der Waals surface area contributed by atoms with Crippen molar-refractivity contribution < 1.29 is 17.9 Å². The smallest absolute Gasteiger partial charge is 0.409 e. The highest BCUT2D eigenvalue weighted by molar-refractivity contribution is 7.89. The van der Waals surface area contributed by atoms with E-state index >= 15 is 0 Å². The first-order valence-electron chi connectivity index (χ1n) is 9.33. The van der Waals surface area contributed by atoms with E-state index in [1.165, 1.54) is 0 Å². The Kier molecular flexibility index (Phi) is 8.52. The van der Waals surface area contributed by atoms with Crippen LogP contribution in [0.1, 0.15) is 12.5 Å². The molecular weight excluding hydrogens is 382 g/mol. The van der Waals surface area contributed by atoms with E-state index in [2.05, 4.69) is 15.0 Å². The Morgan fingerprint density at radius 2 is 1.79 bits per heavy atom. The molecule has 0 radical (unpaired) electrons. The van der Waals surface area contributed by atoms with Crippen LogP contribution in [0.15, 0.2) is 35.3 Å². The molecule has 9 nitrogen and oxygen atoms in total. The fourth-order valence-electron chi connectivity index (χ4n) is 2.81. The Morgan fingerprint density at radius 3 is 2.39 bits per heavy atom. The van der Waals surface area contributed by atoms with Gasteiger partial charge in [-0.25, -0.2) is 17.9 Å². The average molecular weight is 412 g/mol. The summed E-state index contributed by atoms with van der Waals surface area (Å²) < 4.78 is 31.9. The van der Waals surface area contributed by atoms with E-state index in [9.17, 15) is 13.2 Å². The summed E-state index contributed by atoms with van der Waals surface area (Å²) in [6.45, 7) is 4.95. The van der Waals surface area contributed by atoms with Gasteiger partial charge < -0.3 is 19.9 Å². The number of ether oxygens (including phenoxy) is 1. The summed E-state index contributed by atoms with van der Waals surface area (Å²) in [6, 6.07) is 9.38. The molecule has 1 fully saturated rings. The molecule has 1 amide bonds. The van der Waals surface area contributed by atoms with Gasteiger partial charge in [0.15, 0.2) is 5.96 Å². The quantitative estimate of drug-likeness (QED) is 0.499. The first-order chi connectivity index (χ1) is 13.4. The molecule has 1 aromatic rings. The van der Waals surface area contributed by atoms with Crippen molar-refractivity contribution >= 4 is 22.1 Å². The van der Waals surface area contributed by atoms with Gasteiger partial charge in [-0.2, -0.15) is 0 Å². The molecule has 1 aromatic carbocycles. The van der Waals surface area contributed by atoms with Crippen LogP contribution in [0.2, 0.25) is 0 Å². The van der Waals surface area contributed by atoms with Crippen LogP contribution < -0.4 is 10.0 Å². The van der Waals surface area contributed by atoms with Gasteiger partial charge in [-0.15, -0.1) is 0 Å². The van der Waals surface area contributed by atoms with E-state index in [0.717, 1.165) is 5.56 Å². The summed E-state index contributed by atoms with van der Waals surface area (Å²) in [5.74, 6) is 0.573. The van der Waals surface area contributed by atoms with Crippen molar-refractivity contribution in [2.75, 3.05) is 52.1 Å². The van der Waals surface area contributed by atoms with E-state index in [-0.39, 0.29) is 24.9 Å². The van der Waals surface area contributed by atoms with Crippen molar-refractivity contribution in [3.8, 4) is 0 Å². The van der Waals surface area contributed by atoms with Crippen LogP contribution in [0.5, 0.6) is 0 Å². The Balaban J connectivity index is 1.74. The van der Waals surface area contributed by atoms with Crippen molar-refractivity contribution in [3.05, 3.63) is 35.9 Å². The summed E-state index contributed by atoms with van der Waals surface area (Å²) in [7, 11) is -1.74. The van der Waals surface area contributed by atoms with Crippen molar-refractivity contribution in [2.24, 2.45) is 4.99 Å². The number of hydrogen-bond donors (Lipinski definition) is 2. The largest absolute Gasteiger partial charge is 0.450 e. The maximum absolute atomic E-state index is 12.2. The van der Waals surface area contributed by atoms with Crippen LogP contribution in [0.4, 0.5) is 4.79 Å². The standard InChI is InChI=1S/C18H29N5O4S/c1-3-27-18(24)23-12-10-22(11-13-23)17(19-2)20-9-14-28(25,26)21-15-16-7-5-4-6-8-16/h4-8,21H,3,9-15H2,1-2H3,(H,19,20). The highest BCUT2D eigenvalue weighted by Crippen LogP contribution is 2.04. The number of amides is 1. The topological polar surface area (TPSA) is 103 Å². The molecule has 0 aliphatic carbocycles. The molecule has 0 saturated carbocycles. The molecule has 1 aliphatic rings. The second-order valence-electron chi connectivity index (χ2n) is 6.27. The minimum atomic E-state index is -3.40. The van der Waals surface area contributed by atoms with Crippen molar-refractivity contribution in [1.29, 1.82) is 0 Å². The monoisotopic (exact) mass is 411 g/mol. The van der Waals surface area contributed by atoms with Crippen LogP contribution in [0, 0.1) is 0 Å². The maximum atomic E-state index is 12.2. The number of piperazine rings is 1. The SMILES string of the molecule is CCOC(=O)N1CCN(C(=NC)NCCS(=O)(=O)NCc2ccccc2)CC1. The minimum Gasteiger partial charge on any atom is -0.450 e. The Labute approximate surface area is 166 Å². The lowest BCUT2D eigenvalue weighted by molar-refractivity contribution is 0.0915. The van der Waals surface area contributed by atoms with Gasteiger partial charge in [-0.05, 0) is 12.5 Å². The number of aliphatic imine (C=N–C) groups is 1. The molecule has 2 rings (SSSR count). The van der Waals surface area contributed by atoms with Gasteiger partial charge in [0.25, 0.3) is 0 Å². The van der Waals surface area contributed by atoms with Crippen LogP contribution in [0.3, 0.4) is 0 Å². The fourth-order valence-corrected chi connectivity index (χ4v) is 3.71. The third kappa shape index (κ3) is 7.01. The summed E-state index contributed by atoms with van der Waals surface area (Å²) in [6.07, 6.45) is -0.305. The molecule has 156 valence electrons. The second kappa shape index (κ2) is 10.9. The van der Waals surface area contributed by atoms with Gasteiger partial charge in [-0.3, -0.25) is 4.99 Å². The lowest BCUT2D eigenvalue weighted by atomic mass is 10.2. The Bertz CT molecular complexity index is 746. The van der Waals surface area contributed by atoms with Gasteiger partial charge in [0.2, 0.25) is 10.0 Å². The number of carbonyl (C=O) groups is 1. The molecule has 1 saturated heterocycles. The van der Waals surface area contributed by atoms with Gasteiger partial charge in [-0.1, -0.05) is 30.3 Å². The molecule has 0 unspecified atom stereocenters. The second-order valence-corrected chi connectivity index (χ2v) is 8.20. The first kappa shape index (κ1) is 22.0. The molecule has 0 spiro atoms. The molecule has 0 bridgehead atoms. The van der Waals surface area contributed by atoms with Crippen molar-refractivity contribution in [2.45, 2.75) is 13.5 Å². The number of hydrogen-bond acceptors (Lipinski definition) is 5. The predicted molar refractivity (Wildman–Crippen MR) is 109 cm³/mol. The number of guanidine groups is 1. The highest BCUT2D eigenvalue weighted by Gasteiger charge is 2.23. The van der Waals surface area contributed by atoms with E-state index in [0.29, 0.717) is 38.7 Å². The van der Waals surface area contributed by atoms with Crippen LogP contribution in [0.25, 0.3) is 0 Å². The van der Waals surface area contributed by atoms with E-state index in [1.807, 2.05) is 35.2 Å². The number of sulfonamides is 1. The van der Waals surface area contributed by atoms with E-state index in [1.54, 1.807) is 18.9 Å². The molecule has 2 N–H and O–H groups in total. The van der Waals surface area contributed by atoms with Crippen LogP contribution in [-0.4, -0.2) is 82.4 Å². The van der Waals surface area contributed by atoms with Gasteiger partial charge in [0.1, 0.15) is 0 Å². The fraction of sp³-hybridized carbons (Fsp3) is 0.556. The summed E-state index contributed by atoms with van der Waals surface area (Å²) in [5, 5.41) is 3.08. The van der Waals surface area contributed by atoms with Crippen LogP contribution in [-0.2, 0) is 21.3 Å². The zero-order valence-electron chi connectivity index (χ0n) is 16.4. The van der Waals surface area contributed by atoms with E-state index < -0.39 is 10.0 Å². The molecule has 1 heterocycles. The number of carbonyl (C=O) groups excluding carboxylic acids is 1. The summed E-state index contributed by atoms with van der Waals surface area (Å²) in [4.78, 5) is 19.6. The predicted octanol–water partition coefficient (Wildman–Crippen LogP) is 0.456. The van der Waals surface area contributed by atoms with E-state index in [4.69, 9.17) is 4.74 Å². The van der Waals surface area contributed by atoms with Crippen LogP contribution >= 0.6 is 0 Å². The molecule has 28 heavy (non-hydrogen) atoms. The number of nitrogens with zero attached hydrogens (tertiary/aromatic N) is 3. The molecule has 1 aliphatic heterocycles. The zero-order chi connectivity index (χ0) is 20.4. The lowest BCUT2D eigenvalue weighted by Crippen LogP contribution is -2.54. The zero-order valence-corrected chi connectivity index (χ0v) is 17.2. The molecule has 0 aromatic heterocycles.